The summed E-state index contributed by atoms with van der Waals surface area (Å²) in [4.78, 5) is 34.2. The van der Waals surface area contributed by atoms with Crippen molar-refractivity contribution >= 4 is 22.7 Å². The lowest BCUT2D eigenvalue weighted by Crippen LogP contribution is -2.45. The maximum atomic E-state index is 13.8. The quantitative estimate of drug-likeness (QED) is 0.267. The summed E-state index contributed by atoms with van der Waals surface area (Å²) in [7, 11) is 1.65. The molecular weight excluding hydrogens is 462 g/mol. The molecule has 0 radical (unpaired) electrons. The van der Waals surface area contributed by atoms with Crippen LogP contribution in [-0.2, 0) is 22.6 Å². The number of amides is 2. The molecule has 3 aromatic rings. The zero-order valence-corrected chi connectivity index (χ0v) is 23.0. The highest BCUT2D eigenvalue weighted by Gasteiger charge is 2.26. The molecule has 37 heavy (non-hydrogen) atoms. The number of H-pyrrole nitrogens is 1. The zero-order valence-electron chi connectivity index (χ0n) is 23.0. The molecule has 1 heterocycles. The number of hydrogen-bond donors (Lipinski definition) is 1. The summed E-state index contributed by atoms with van der Waals surface area (Å²) in [6.07, 6.45) is 7.36. The van der Waals surface area contributed by atoms with Gasteiger partial charge in [-0.05, 0) is 43.4 Å². The van der Waals surface area contributed by atoms with Crippen molar-refractivity contribution in [2.45, 2.75) is 65.8 Å². The van der Waals surface area contributed by atoms with Crippen LogP contribution in [0.5, 0.6) is 5.75 Å². The van der Waals surface area contributed by atoms with E-state index in [-0.39, 0.29) is 24.3 Å². The molecule has 200 valence electrons. The number of aromatic nitrogens is 1. The fraction of sp³-hybridized carbons (Fsp3) is 0.484. The van der Waals surface area contributed by atoms with Crippen LogP contribution in [0.4, 0.5) is 0 Å². The third kappa shape index (κ3) is 7.61. The van der Waals surface area contributed by atoms with Crippen molar-refractivity contribution in [1.82, 2.24) is 14.8 Å². The number of rotatable bonds is 15. The minimum absolute atomic E-state index is 0.0202. The largest absolute Gasteiger partial charge is 0.496 e. The highest BCUT2D eigenvalue weighted by molar-refractivity contribution is 5.86. The smallest absolute Gasteiger partial charge is 0.242 e. The predicted molar refractivity (Wildman–Crippen MR) is 151 cm³/mol. The number of benzene rings is 2. The van der Waals surface area contributed by atoms with Crippen LogP contribution in [0.15, 0.2) is 54.7 Å². The van der Waals surface area contributed by atoms with E-state index in [2.05, 4.69) is 37.9 Å². The van der Waals surface area contributed by atoms with Gasteiger partial charge in [-0.3, -0.25) is 9.59 Å². The summed E-state index contributed by atoms with van der Waals surface area (Å²) < 4.78 is 5.57. The monoisotopic (exact) mass is 505 g/mol. The predicted octanol–water partition coefficient (Wildman–Crippen LogP) is 6.20. The van der Waals surface area contributed by atoms with Crippen LogP contribution < -0.4 is 4.74 Å². The molecule has 1 atom stereocenters. The van der Waals surface area contributed by atoms with Gasteiger partial charge in [0.15, 0.2) is 0 Å². The molecule has 1 N–H and O–H groups in total. The van der Waals surface area contributed by atoms with Crippen molar-refractivity contribution in [2.24, 2.45) is 5.92 Å². The standard InChI is InChI=1S/C31H43N3O3/c1-5-8-13-24(7-3)31(36)34(19-6-2)23-30(35)33(22-26-14-9-12-17-29(26)37-4)20-18-25-21-32-28-16-11-10-15-27(25)28/h9-12,14-17,21,24,32H,5-8,13,18-20,22-23H2,1-4H3. The Morgan fingerprint density at radius 3 is 2.41 bits per heavy atom. The van der Waals surface area contributed by atoms with Crippen LogP contribution in [0.3, 0.4) is 0 Å². The first-order valence-corrected chi connectivity index (χ1v) is 13.8. The van der Waals surface area contributed by atoms with Crippen LogP contribution in [0, 0.1) is 5.92 Å². The molecule has 0 aliphatic carbocycles. The molecule has 0 fully saturated rings. The second-order valence-electron chi connectivity index (χ2n) is 9.74. The summed E-state index contributed by atoms with van der Waals surface area (Å²) in [5.41, 5.74) is 3.23. The van der Waals surface area contributed by atoms with Crippen molar-refractivity contribution in [3.63, 3.8) is 0 Å². The highest BCUT2D eigenvalue weighted by Crippen LogP contribution is 2.22. The Hall–Kier alpha value is -3.28. The first kappa shape index (κ1) is 28.3. The third-order valence-electron chi connectivity index (χ3n) is 7.11. The number of carbonyl (C=O) groups is 2. The maximum Gasteiger partial charge on any atom is 0.242 e. The number of nitrogens with zero attached hydrogens (tertiary/aromatic N) is 2. The summed E-state index contributed by atoms with van der Waals surface area (Å²) >= 11 is 0. The Labute approximate surface area is 222 Å². The third-order valence-corrected chi connectivity index (χ3v) is 7.11. The summed E-state index contributed by atoms with van der Waals surface area (Å²) in [5.74, 6) is 0.825. The molecule has 1 aromatic heterocycles. The molecule has 6 heteroatoms. The number of para-hydroxylation sites is 2. The summed E-state index contributed by atoms with van der Waals surface area (Å²) in [6.45, 7) is 7.97. The molecule has 2 aromatic carbocycles. The Balaban J connectivity index is 1.81. The first-order chi connectivity index (χ1) is 18.0. The van der Waals surface area contributed by atoms with Gasteiger partial charge in [0, 0.05) is 48.2 Å². The lowest BCUT2D eigenvalue weighted by atomic mass is 9.97. The molecule has 6 nitrogen and oxygen atoms in total. The van der Waals surface area contributed by atoms with Crippen LogP contribution in [0.1, 0.15) is 64.0 Å². The number of fused-ring (bicyclic) bond motifs is 1. The molecular formula is C31H43N3O3. The van der Waals surface area contributed by atoms with Gasteiger partial charge >= 0.3 is 0 Å². The van der Waals surface area contributed by atoms with Crippen molar-refractivity contribution in [2.75, 3.05) is 26.7 Å². The van der Waals surface area contributed by atoms with Gasteiger partial charge in [0.05, 0.1) is 13.7 Å². The zero-order chi connectivity index (χ0) is 26.6. The van der Waals surface area contributed by atoms with Crippen LogP contribution >= 0.6 is 0 Å². The second kappa shape index (κ2) is 14.5. The lowest BCUT2D eigenvalue weighted by molar-refractivity contribution is -0.143. The minimum atomic E-state index is -0.0297. The van der Waals surface area contributed by atoms with E-state index in [4.69, 9.17) is 4.74 Å². The fourth-order valence-electron chi connectivity index (χ4n) is 4.94. The van der Waals surface area contributed by atoms with E-state index in [9.17, 15) is 9.59 Å². The van der Waals surface area contributed by atoms with Gasteiger partial charge in [0.2, 0.25) is 11.8 Å². The number of unbranched alkanes of at least 4 members (excludes halogenated alkanes) is 1. The normalized spacial score (nSPS) is 11.9. The van der Waals surface area contributed by atoms with Gasteiger partial charge in [0.1, 0.15) is 5.75 Å². The van der Waals surface area contributed by atoms with E-state index in [1.807, 2.05) is 47.5 Å². The van der Waals surface area contributed by atoms with Gasteiger partial charge < -0.3 is 19.5 Å². The second-order valence-corrected chi connectivity index (χ2v) is 9.74. The van der Waals surface area contributed by atoms with E-state index < -0.39 is 0 Å². The van der Waals surface area contributed by atoms with E-state index in [1.54, 1.807) is 12.0 Å². The molecule has 0 bridgehead atoms. The SMILES string of the molecule is CCCCC(CC)C(=O)N(CCC)CC(=O)N(CCc1c[nH]c2ccccc12)Cc1ccccc1OC. The lowest BCUT2D eigenvalue weighted by Gasteiger charge is -2.30. The van der Waals surface area contributed by atoms with Crippen LogP contribution in [0.2, 0.25) is 0 Å². The van der Waals surface area contributed by atoms with Crippen LogP contribution in [0.25, 0.3) is 10.9 Å². The van der Waals surface area contributed by atoms with Gasteiger partial charge in [-0.25, -0.2) is 0 Å². The molecule has 0 saturated carbocycles. The van der Waals surface area contributed by atoms with Crippen molar-refractivity contribution < 1.29 is 14.3 Å². The van der Waals surface area contributed by atoms with Gasteiger partial charge in [0.25, 0.3) is 0 Å². The van der Waals surface area contributed by atoms with Crippen molar-refractivity contribution in [1.29, 1.82) is 0 Å². The van der Waals surface area contributed by atoms with Gasteiger partial charge in [-0.2, -0.15) is 0 Å². The van der Waals surface area contributed by atoms with Gasteiger partial charge in [-0.15, -0.1) is 0 Å². The maximum absolute atomic E-state index is 13.8. The summed E-state index contributed by atoms with van der Waals surface area (Å²) in [6, 6.07) is 16.0. The molecule has 0 saturated heterocycles. The minimum Gasteiger partial charge on any atom is -0.496 e. The topological polar surface area (TPSA) is 65.6 Å². The Morgan fingerprint density at radius 2 is 1.68 bits per heavy atom. The first-order valence-electron chi connectivity index (χ1n) is 13.8. The number of ether oxygens (including phenoxy) is 1. The van der Waals surface area contributed by atoms with E-state index in [0.29, 0.717) is 19.6 Å². The summed E-state index contributed by atoms with van der Waals surface area (Å²) in [5, 5.41) is 1.18. The number of aromatic amines is 1. The van der Waals surface area contributed by atoms with Crippen molar-refractivity contribution in [3.8, 4) is 5.75 Å². The fourth-order valence-corrected chi connectivity index (χ4v) is 4.94. The molecule has 1 unspecified atom stereocenters. The number of carbonyl (C=O) groups excluding carboxylic acids is 2. The van der Waals surface area contributed by atoms with Crippen LogP contribution in [-0.4, -0.2) is 53.3 Å². The molecule has 3 rings (SSSR count). The number of hydrogen-bond acceptors (Lipinski definition) is 3. The Kier molecular flexibility index (Phi) is 11.1. The Morgan fingerprint density at radius 1 is 0.919 bits per heavy atom. The Bertz CT molecular complexity index is 1140. The average molecular weight is 506 g/mol. The molecule has 0 aliphatic rings. The molecule has 0 spiro atoms. The average Bonchev–Trinajstić information content (AvgIpc) is 3.34. The number of nitrogens with one attached hydrogen (secondary N) is 1. The highest BCUT2D eigenvalue weighted by atomic mass is 16.5. The van der Waals surface area contributed by atoms with E-state index >= 15 is 0 Å². The molecule has 0 aliphatic heterocycles. The van der Waals surface area contributed by atoms with Crippen molar-refractivity contribution in [3.05, 3.63) is 65.9 Å². The van der Waals surface area contributed by atoms with E-state index in [0.717, 1.165) is 55.4 Å². The van der Waals surface area contributed by atoms with E-state index in [1.165, 1.54) is 10.9 Å². The van der Waals surface area contributed by atoms with Gasteiger partial charge in [-0.1, -0.05) is 70.0 Å². The molecule has 2 amide bonds. The number of methoxy groups -OCH3 is 1.